The number of alkyl halides is 3. The maximum Gasteiger partial charge on any atom is 0.534 e. The molecular formula is C19H20F3NO6S2. The average molecular weight is 479 g/mol. The average Bonchev–Trinajstić information content (AvgIpc) is 3.13. The Hall–Kier alpha value is -2.60. The molecule has 0 saturated carbocycles. The summed E-state index contributed by atoms with van der Waals surface area (Å²) in [5.74, 6) is -3.03. The van der Waals surface area contributed by atoms with Gasteiger partial charge in [-0.3, -0.25) is 9.59 Å². The third-order valence-electron chi connectivity index (χ3n) is 3.78. The summed E-state index contributed by atoms with van der Waals surface area (Å²) >= 11 is 1.21. The van der Waals surface area contributed by atoms with E-state index in [0.717, 1.165) is 17.0 Å². The van der Waals surface area contributed by atoms with Gasteiger partial charge in [-0.1, -0.05) is 33.8 Å². The van der Waals surface area contributed by atoms with Crippen LogP contribution in [0.15, 0.2) is 30.3 Å². The SMILES string of the molecule is CCC(=O)Oc1c(NC(=O)c2ccc(C(C)(C)C)s2)cccc1OS(=O)(=O)C(F)(F)F. The number of anilines is 1. The van der Waals surface area contributed by atoms with Crippen molar-refractivity contribution in [2.24, 2.45) is 0 Å². The van der Waals surface area contributed by atoms with E-state index in [1.807, 2.05) is 20.8 Å². The van der Waals surface area contributed by atoms with Crippen LogP contribution in [0.3, 0.4) is 0 Å². The minimum Gasteiger partial charge on any atom is -0.420 e. The van der Waals surface area contributed by atoms with E-state index in [9.17, 15) is 31.2 Å². The van der Waals surface area contributed by atoms with Gasteiger partial charge in [0, 0.05) is 11.3 Å². The Morgan fingerprint density at radius 2 is 1.74 bits per heavy atom. The van der Waals surface area contributed by atoms with Crippen LogP contribution in [0.5, 0.6) is 11.5 Å². The number of halogens is 3. The number of nitrogens with one attached hydrogen (secondary N) is 1. The van der Waals surface area contributed by atoms with Crippen molar-refractivity contribution in [3.63, 3.8) is 0 Å². The summed E-state index contributed by atoms with van der Waals surface area (Å²) in [4.78, 5) is 25.6. The van der Waals surface area contributed by atoms with E-state index >= 15 is 0 Å². The number of benzene rings is 1. The molecule has 7 nitrogen and oxygen atoms in total. The summed E-state index contributed by atoms with van der Waals surface area (Å²) < 4.78 is 70.1. The number of carbonyl (C=O) groups is 2. The number of hydrogen-bond acceptors (Lipinski definition) is 7. The van der Waals surface area contributed by atoms with E-state index in [4.69, 9.17) is 4.74 Å². The van der Waals surface area contributed by atoms with Gasteiger partial charge in [0.2, 0.25) is 0 Å². The molecule has 0 radical (unpaired) electrons. The van der Waals surface area contributed by atoms with Crippen LogP contribution in [0.2, 0.25) is 0 Å². The molecule has 0 spiro atoms. The maximum absolute atomic E-state index is 12.7. The van der Waals surface area contributed by atoms with Crippen molar-refractivity contribution in [3.8, 4) is 11.5 Å². The third kappa shape index (κ3) is 5.97. The highest BCUT2D eigenvalue weighted by molar-refractivity contribution is 7.88. The summed E-state index contributed by atoms with van der Waals surface area (Å²) in [7, 11) is -6.03. The van der Waals surface area contributed by atoms with E-state index in [1.165, 1.54) is 24.3 Å². The first-order valence-electron chi connectivity index (χ1n) is 8.92. The van der Waals surface area contributed by atoms with Crippen molar-refractivity contribution in [1.82, 2.24) is 0 Å². The van der Waals surface area contributed by atoms with Gasteiger partial charge in [0.15, 0.2) is 11.5 Å². The normalized spacial score (nSPS) is 12.4. The lowest BCUT2D eigenvalue weighted by atomic mass is 9.95. The molecule has 1 aromatic carbocycles. The van der Waals surface area contributed by atoms with Crippen LogP contribution in [0, 0.1) is 0 Å². The Morgan fingerprint density at radius 3 is 2.26 bits per heavy atom. The monoisotopic (exact) mass is 479 g/mol. The predicted molar refractivity (Wildman–Crippen MR) is 109 cm³/mol. The van der Waals surface area contributed by atoms with Crippen molar-refractivity contribution in [3.05, 3.63) is 40.1 Å². The first kappa shape index (κ1) is 24.7. The van der Waals surface area contributed by atoms with Crippen molar-refractivity contribution in [1.29, 1.82) is 0 Å². The van der Waals surface area contributed by atoms with Crippen molar-refractivity contribution in [2.75, 3.05) is 5.32 Å². The number of ether oxygens (including phenoxy) is 1. The van der Waals surface area contributed by atoms with Crippen LogP contribution in [0.25, 0.3) is 0 Å². The number of carbonyl (C=O) groups excluding carboxylic acids is 2. The fourth-order valence-electron chi connectivity index (χ4n) is 2.18. The zero-order chi connectivity index (χ0) is 23.6. The highest BCUT2D eigenvalue weighted by atomic mass is 32.2. The molecule has 0 fully saturated rings. The molecule has 12 heteroatoms. The molecule has 1 aromatic heterocycles. The van der Waals surface area contributed by atoms with Gasteiger partial charge in [-0.05, 0) is 29.7 Å². The summed E-state index contributed by atoms with van der Waals surface area (Å²) in [5.41, 5.74) is -6.13. The van der Waals surface area contributed by atoms with Gasteiger partial charge in [-0.15, -0.1) is 11.3 Å². The Morgan fingerprint density at radius 1 is 1.10 bits per heavy atom. The molecule has 170 valence electrons. The van der Waals surface area contributed by atoms with Gasteiger partial charge < -0.3 is 14.2 Å². The van der Waals surface area contributed by atoms with Gasteiger partial charge in [-0.2, -0.15) is 21.6 Å². The third-order valence-corrected chi connectivity index (χ3v) is 6.26. The number of amides is 1. The van der Waals surface area contributed by atoms with E-state index in [1.54, 1.807) is 12.1 Å². The standard InChI is InChI=1S/C19H20F3NO6S2/c1-5-15(24)28-16-11(7-6-8-12(16)29-31(26,27)19(20,21)22)23-17(25)13-9-10-14(30-13)18(2,3)4/h6-10H,5H2,1-4H3,(H,23,25). The Bertz CT molecular complexity index is 1080. The van der Waals surface area contributed by atoms with Crippen LogP contribution in [0.4, 0.5) is 18.9 Å². The molecule has 1 N–H and O–H groups in total. The molecule has 2 aromatic rings. The maximum atomic E-state index is 12.7. The number of thiophene rings is 1. The number of para-hydroxylation sites is 1. The van der Waals surface area contributed by atoms with Crippen LogP contribution < -0.4 is 14.2 Å². The van der Waals surface area contributed by atoms with E-state index in [0.29, 0.717) is 4.88 Å². The molecule has 1 heterocycles. The minimum absolute atomic E-state index is 0.159. The molecule has 0 aliphatic rings. The van der Waals surface area contributed by atoms with Crippen LogP contribution in [0.1, 0.15) is 48.7 Å². The zero-order valence-electron chi connectivity index (χ0n) is 17.0. The summed E-state index contributed by atoms with van der Waals surface area (Å²) in [5, 5.41) is 2.42. The van der Waals surface area contributed by atoms with Gasteiger partial charge in [0.25, 0.3) is 5.91 Å². The second-order valence-corrected chi connectivity index (χ2v) is 9.93. The van der Waals surface area contributed by atoms with E-state index < -0.39 is 39.0 Å². The van der Waals surface area contributed by atoms with Crippen molar-refractivity contribution in [2.45, 2.75) is 45.0 Å². The second kappa shape index (κ2) is 8.87. The molecular weight excluding hydrogens is 459 g/mol. The van der Waals surface area contributed by atoms with Crippen LogP contribution >= 0.6 is 11.3 Å². The van der Waals surface area contributed by atoms with Crippen molar-refractivity contribution >= 4 is 39.0 Å². The lowest BCUT2D eigenvalue weighted by Gasteiger charge is -2.16. The summed E-state index contributed by atoms with van der Waals surface area (Å²) in [6.45, 7) is 7.32. The quantitative estimate of drug-likeness (QED) is 0.276. The largest absolute Gasteiger partial charge is 0.534 e. The zero-order valence-corrected chi connectivity index (χ0v) is 18.6. The number of esters is 1. The molecule has 0 bridgehead atoms. The number of rotatable bonds is 6. The van der Waals surface area contributed by atoms with Gasteiger partial charge in [-0.25, -0.2) is 0 Å². The molecule has 0 atom stereocenters. The van der Waals surface area contributed by atoms with Gasteiger partial charge in [0.1, 0.15) is 0 Å². The highest BCUT2D eigenvalue weighted by Gasteiger charge is 2.49. The Labute approximate surface area is 181 Å². The number of hydrogen-bond donors (Lipinski definition) is 1. The molecule has 1 amide bonds. The van der Waals surface area contributed by atoms with E-state index in [2.05, 4.69) is 9.50 Å². The highest BCUT2D eigenvalue weighted by Crippen LogP contribution is 2.39. The lowest BCUT2D eigenvalue weighted by Crippen LogP contribution is -2.28. The Kier molecular flexibility index (Phi) is 7.06. The Balaban J connectivity index is 2.43. The predicted octanol–water partition coefficient (Wildman–Crippen LogP) is 4.84. The van der Waals surface area contributed by atoms with Crippen molar-refractivity contribution < 1.29 is 40.1 Å². The molecule has 0 aliphatic carbocycles. The first-order chi connectivity index (χ1) is 14.2. The second-order valence-electron chi connectivity index (χ2n) is 7.31. The van der Waals surface area contributed by atoms with Crippen LogP contribution in [-0.4, -0.2) is 25.8 Å². The fourth-order valence-corrected chi connectivity index (χ4v) is 3.60. The minimum atomic E-state index is -6.03. The van der Waals surface area contributed by atoms with Gasteiger partial charge >= 0.3 is 21.6 Å². The molecule has 31 heavy (non-hydrogen) atoms. The first-order valence-corrected chi connectivity index (χ1v) is 11.1. The van der Waals surface area contributed by atoms with Crippen LogP contribution in [-0.2, 0) is 20.3 Å². The summed E-state index contributed by atoms with van der Waals surface area (Å²) in [6, 6.07) is 6.61. The summed E-state index contributed by atoms with van der Waals surface area (Å²) in [6.07, 6.45) is -0.159. The molecule has 0 aliphatic heterocycles. The topological polar surface area (TPSA) is 98.8 Å². The van der Waals surface area contributed by atoms with E-state index in [-0.39, 0.29) is 17.5 Å². The molecule has 2 rings (SSSR count). The fraction of sp³-hybridized carbons (Fsp3) is 0.368. The molecule has 0 saturated heterocycles. The molecule has 0 unspecified atom stereocenters. The van der Waals surface area contributed by atoms with Gasteiger partial charge in [0.05, 0.1) is 10.6 Å². The smallest absolute Gasteiger partial charge is 0.420 e. The lowest BCUT2D eigenvalue weighted by molar-refractivity contribution is -0.134.